The van der Waals surface area contributed by atoms with Crippen LogP contribution in [0.3, 0.4) is 0 Å². The van der Waals surface area contributed by atoms with Crippen LogP contribution in [-0.2, 0) is 4.79 Å². The predicted octanol–water partition coefficient (Wildman–Crippen LogP) is 1.53. The van der Waals surface area contributed by atoms with Crippen molar-refractivity contribution in [3.63, 3.8) is 0 Å². The zero-order valence-electron chi connectivity index (χ0n) is 12.7. The van der Waals surface area contributed by atoms with Crippen molar-refractivity contribution in [3.8, 4) is 0 Å². The van der Waals surface area contributed by atoms with E-state index in [1.54, 1.807) is 4.90 Å². The molecule has 0 radical (unpaired) electrons. The number of piperidine rings is 1. The van der Waals surface area contributed by atoms with Crippen LogP contribution in [-0.4, -0.2) is 52.0 Å². The maximum atomic E-state index is 12.4. The van der Waals surface area contributed by atoms with Crippen LogP contribution in [0.15, 0.2) is 24.3 Å². The Labute approximate surface area is 138 Å². The fourth-order valence-corrected chi connectivity index (χ4v) is 3.19. The summed E-state index contributed by atoms with van der Waals surface area (Å²) in [5.41, 5.74) is 1.07. The quantitative estimate of drug-likeness (QED) is 0.778. The largest absolute Gasteiger partial charge is 0.389 e. The van der Waals surface area contributed by atoms with E-state index in [4.69, 9.17) is 11.6 Å². The molecule has 2 heterocycles. The second-order valence-corrected chi connectivity index (χ2v) is 6.14. The van der Waals surface area contributed by atoms with Gasteiger partial charge in [-0.25, -0.2) is 0 Å². The number of β-amino-alcohol motifs (C(OH)–C–C–N with tert-alkyl or cyclic N) is 1. The van der Waals surface area contributed by atoms with Gasteiger partial charge in [0, 0.05) is 30.9 Å². The Bertz CT molecular complexity index is 758. The number of likely N-dealkylation sites (tertiary alicyclic amines) is 1. The van der Waals surface area contributed by atoms with Gasteiger partial charge in [0.1, 0.15) is 5.69 Å². The highest BCUT2D eigenvalue weighted by Crippen LogP contribution is 2.27. The van der Waals surface area contributed by atoms with Crippen LogP contribution in [0.2, 0.25) is 5.02 Å². The third kappa shape index (κ3) is 3.04. The molecule has 0 saturated carbocycles. The summed E-state index contributed by atoms with van der Waals surface area (Å²) >= 11 is 6.26. The molecular formula is C16H18ClN3O3. The van der Waals surface area contributed by atoms with E-state index < -0.39 is 12.1 Å². The summed E-state index contributed by atoms with van der Waals surface area (Å²) in [5, 5.41) is 14.1. The molecule has 1 fully saturated rings. The van der Waals surface area contributed by atoms with Gasteiger partial charge >= 0.3 is 0 Å². The zero-order chi connectivity index (χ0) is 16.6. The molecular weight excluding hydrogens is 318 g/mol. The molecule has 0 bridgehead atoms. The number of benzene rings is 1. The van der Waals surface area contributed by atoms with Crippen molar-refractivity contribution in [3.05, 3.63) is 35.0 Å². The molecule has 2 aromatic rings. The lowest BCUT2D eigenvalue weighted by Crippen LogP contribution is -2.55. The predicted molar refractivity (Wildman–Crippen MR) is 87.4 cm³/mol. The van der Waals surface area contributed by atoms with Gasteiger partial charge < -0.3 is 20.3 Å². The lowest BCUT2D eigenvalue weighted by Gasteiger charge is -2.35. The molecule has 1 saturated heterocycles. The smallest absolute Gasteiger partial charge is 0.269 e. The molecule has 0 unspecified atom stereocenters. The van der Waals surface area contributed by atoms with Gasteiger partial charge in [-0.3, -0.25) is 9.59 Å². The number of nitrogens with zero attached hydrogens (tertiary/aromatic N) is 1. The van der Waals surface area contributed by atoms with Crippen LogP contribution < -0.4 is 5.32 Å². The molecule has 0 aliphatic carbocycles. The molecule has 23 heavy (non-hydrogen) atoms. The lowest BCUT2D eigenvalue weighted by atomic mass is 10.0. The number of halogens is 1. The van der Waals surface area contributed by atoms with Crippen molar-refractivity contribution in [2.45, 2.75) is 25.5 Å². The number of hydrogen-bond acceptors (Lipinski definition) is 3. The van der Waals surface area contributed by atoms with Crippen LogP contribution in [0.4, 0.5) is 0 Å². The number of aliphatic hydroxyl groups excluding tert-OH is 1. The number of aliphatic hydroxyl groups is 1. The number of H-pyrrole nitrogens is 1. The Morgan fingerprint density at radius 2 is 2.13 bits per heavy atom. The SMILES string of the molecule is CC(=O)N1CC[C@@H](NC(=O)c2[nH]c3ccccc3c2Cl)[C@H](O)C1. The van der Waals surface area contributed by atoms with Gasteiger partial charge in [-0.15, -0.1) is 0 Å². The Hall–Kier alpha value is -2.05. The molecule has 1 aromatic heterocycles. The summed E-state index contributed by atoms with van der Waals surface area (Å²) in [5.74, 6) is -0.431. The summed E-state index contributed by atoms with van der Waals surface area (Å²) in [6.07, 6.45) is -0.288. The second-order valence-electron chi connectivity index (χ2n) is 5.76. The average Bonchev–Trinajstić information content (AvgIpc) is 2.87. The number of rotatable bonds is 2. The average molecular weight is 336 g/mol. The number of carbonyl (C=O) groups excluding carboxylic acids is 2. The van der Waals surface area contributed by atoms with E-state index in [9.17, 15) is 14.7 Å². The van der Waals surface area contributed by atoms with Crippen LogP contribution in [0.5, 0.6) is 0 Å². The van der Waals surface area contributed by atoms with Gasteiger partial charge in [0.25, 0.3) is 5.91 Å². The highest BCUT2D eigenvalue weighted by Gasteiger charge is 2.31. The van der Waals surface area contributed by atoms with Crippen molar-refractivity contribution in [1.29, 1.82) is 0 Å². The Balaban J connectivity index is 1.74. The third-order valence-corrected chi connectivity index (χ3v) is 4.61. The highest BCUT2D eigenvalue weighted by atomic mass is 35.5. The van der Waals surface area contributed by atoms with Crippen molar-refractivity contribution < 1.29 is 14.7 Å². The number of para-hydroxylation sites is 1. The number of amides is 2. The summed E-state index contributed by atoms with van der Waals surface area (Å²) in [4.78, 5) is 28.4. The van der Waals surface area contributed by atoms with Gasteiger partial charge in [-0.2, -0.15) is 0 Å². The Morgan fingerprint density at radius 1 is 1.39 bits per heavy atom. The molecule has 7 heteroatoms. The summed E-state index contributed by atoms with van der Waals surface area (Å²) in [6.45, 7) is 2.20. The normalized spacial score (nSPS) is 21.4. The monoisotopic (exact) mass is 335 g/mol. The maximum Gasteiger partial charge on any atom is 0.269 e. The minimum absolute atomic E-state index is 0.0764. The van der Waals surface area contributed by atoms with Crippen LogP contribution in [0.1, 0.15) is 23.8 Å². The number of fused-ring (bicyclic) bond motifs is 1. The molecule has 3 N–H and O–H groups in total. The topological polar surface area (TPSA) is 85.4 Å². The minimum Gasteiger partial charge on any atom is -0.389 e. The van der Waals surface area contributed by atoms with E-state index in [-0.39, 0.29) is 24.1 Å². The number of nitrogens with one attached hydrogen (secondary N) is 2. The van der Waals surface area contributed by atoms with E-state index >= 15 is 0 Å². The molecule has 0 spiro atoms. The molecule has 1 aromatic carbocycles. The van der Waals surface area contributed by atoms with Crippen LogP contribution in [0.25, 0.3) is 10.9 Å². The first kappa shape index (κ1) is 15.8. The molecule has 6 nitrogen and oxygen atoms in total. The first-order valence-corrected chi connectivity index (χ1v) is 7.86. The summed E-state index contributed by atoms with van der Waals surface area (Å²) in [6, 6.07) is 6.99. The van der Waals surface area contributed by atoms with E-state index in [0.29, 0.717) is 18.0 Å². The lowest BCUT2D eigenvalue weighted by molar-refractivity contribution is -0.132. The van der Waals surface area contributed by atoms with Crippen LogP contribution >= 0.6 is 11.6 Å². The molecule has 2 amide bonds. The second kappa shape index (κ2) is 6.22. The van der Waals surface area contributed by atoms with Gasteiger partial charge in [0.15, 0.2) is 0 Å². The first-order valence-electron chi connectivity index (χ1n) is 7.48. The van der Waals surface area contributed by atoms with Crippen LogP contribution in [0, 0.1) is 0 Å². The molecule has 1 aliphatic rings. The summed E-state index contributed by atoms with van der Waals surface area (Å²) in [7, 11) is 0. The molecule has 2 atom stereocenters. The minimum atomic E-state index is -0.792. The fraction of sp³-hybridized carbons (Fsp3) is 0.375. The number of aromatic amines is 1. The number of hydrogen-bond donors (Lipinski definition) is 3. The Morgan fingerprint density at radius 3 is 2.78 bits per heavy atom. The molecule has 1 aliphatic heterocycles. The standard InChI is InChI=1S/C16H18ClN3O3/c1-9(21)20-7-6-12(13(22)8-20)19-16(23)15-14(17)10-4-2-3-5-11(10)18-15/h2-5,12-13,18,22H,6-8H2,1H3,(H,19,23)/t12-,13-/m1/s1. The molecule has 122 valence electrons. The zero-order valence-corrected chi connectivity index (χ0v) is 13.4. The van der Waals surface area contributed by atoms with Gasteiger partial charge in [0.05, 0.1) is 17.2 Å². The van der Waals surface area contributed by atoms with E-state index in [1.165, 1.54) is 6.92 Å². The fourth-order valence-electron chi connectivity index (χ4n) is 2.89. The third-order valence-electron chi connectivity index (χ3n) is 4.21. The number of aromatic nitrogens is 1. The van der Waals surface area contributed by atoms with E-state index in [2.05, 4.69) is 10.3 Å². The van der Waals surface area contributed by atoms with Crippen molar-refractivity contribution in [1.82, 2.24) is 15.2 Å². The maximum absolute atomic E-state index is 12.4. The Kier molecular flexibility index (Phi) is 4.28. The summed E-state index contributed by atoms with van der Waals surface area (Å²) < 4.78 is 0. The van der Waals surface area contributed by atoms with E-state index in [1.807, 2.05) is 24.3 Å². The molecule has 3 rings (SSSR count). The van der Waals surface area contributed by atoms with Gasteiger partial charge in [-0.05, 0) is 12.5 Å². The van der Waals surface area contributed by atoms with E-state index in [0.717, 1.165) is 10.9 Å². The first-order chi connectivity index (χ1) is 11.0. The van der Waals surface area contributed by atoms with Gasteiger partial charge in [-0.1, -0.05) is 29.8 Å². The van der Waals surface area contributed by atoms with Crippen molar-refractivity contribution in [2.24, 2.45) is 0 Å². The van der Waals surface area contributed by atoms with Crippen molar-refractivity contribution in [2.75, 3.05) is 13.1 Å². The van der Waals surface area contributed by atoms with Crippen molar-refractivity contribution >= 4 is 34.3 Å². The van der Waals surface area contributed by atoms with Gasteiger partial charge in [0.2, 0.25) is 5.91 Å². The highest BCUT2D eigenvalue weighted by molar-refractivity contribution is 6.38. The number of carbonyl (C=O) groups is 2.